The van der Waals surface area contributed by atoms with Gasteiger partial charge in [-0.25, -0.2) is 4.39 Å². The summed E-state index contributed by atoms with van der Waals surface area (Å²) in [5.74, 6) is 0. The number of piperidine rings is 1. The zero-order valence-electron chi connectivity index (χ0n) is 18.0. The highest BCUT2D eigenvalue weighted by Gasteiger charge is 2.36. The molecule has 3 aliphatic rings. The summed E-state index contributed by atoms with van der Waals surface area (Å²) in [6.45, 7) is 4.92. The van der Waals surface area contributed by atoms with Crippen molar-refractivity contribution >= 4 is 11.6 Å². The lowest BCUT2D eigenvalue weighted by Crippen LogP contribution is -2.76. The van der Waals surface area contributed by atoms with E-state index >= 15 is 0 Å². The van der Waals surface area contributed by atoms with Crippen molar-refractivity contribution in [3.05, 3.63) is 0 Å². The van der Waals surface area contributed by atoms with Crippen LogP contribution in [-0.2, 0) is 4.74 Å². The summed E-state index contributed by atoms with van der Waals surface area (Å²) >= 11 is 6.07. The maximum Gasteiger partial charge on any atom is 0.411 e. The molecule has 3 fully saturated rings. The van der Waals surface area contributed by atoms with E-state index in [-0.39, 0.29) is 12.1 Å². The van der Waals surface area contributed by atoms with E-state index in [9.17, 15) is 17.6 Å². The summed E-state index contributed by atoms with van der Waals surface area (Å²) in [6.07, 6.45) is -4.09. The zero-order valence-corrected chi connectivity index (χ0v) is 18.8. The Morgan fingerprint density at radius 3 is 2.16 bits per heavy atom. The molecule has 2 aliphatic heterocycles. The minimum absolute atomic E-state index is 0.0456. The third-order valence-corrected chi connectivity index (χ3v) is 6.59. The third kappa shape index (κ3) is 8.22. The van der Waals surface area contributed by atoms with Gasteiger partial charge in [0.15, 0.2) is 6.35 Å². The van der Waals surface area contributed by atoms with Gasteiger partial charge in [-0.2, -0.15) is 13.2 Å². The highest BCUT2D eigenvalue weighted by molar-refractivity contribution is 6.21. The Balaban J connectivity index is 1.55. The second-order valence-corrected chi connectivity index (χ2v) is 9.51. The van der Waals surface area contributed by atoms with Crippen LogP contribution in [-0.4, -0.2) is 79.4 Å². The van der Waals surface area contributed by atoms with Crippen molar-refractivity contribution in [1.29, 1.82) is 0 Å². The monoisotopic (exact) mass is 474 g/mol. The maximum atomic E-state index is 13.7. The van der Waals surface area contributed by atoms with Crippen LogP contribution in [0, 0.1) is 0 Å². The second-order valence-electron chi connectivity index (χ2n) is 8.95. The predicted octanol–water partition coefficient (Wildman–Crippen LogP) is 1.75. The zero-order chi connectivity index (χ0) is 22.6. The SMILES string of the molecule is CC(C)N1CCC(NC2NC(NC3CCC(F)C(Cl)C3)NC(OCC(F)(F)F)N2)CC1. The van der Waals surface area contributed by atoms with Crippen molar-refractivity contribution in [2.24, 2.45) is 0 Å². The number of rotatable bonds is 7. The number of hydrogen-bond acceptors (Lipinski definition) is 7. The van der Waals surface area contributed by atoms with E-state index in [2.05, 4.69) is 45.3 Å². The molecular weight excluding hydrogens is 440 g/mol. The minimum atomic E-state index is -4.42. The summed E-state index contributed by atoms with van der Waals surface area (Å²) in [6, 6.07) is 0.682. The first kappa shape index (κ1) is 25.4. The normalized spacial score (nSPS) is 36.8. The summed E-state index contributed by atoms with van der Waals surface area (Å²) in [4.78, 5) is 2.41. The largest absolute Gasteiger partial charge is 0.411 e. The molecule has 1 aliphatic carbocycles. The highest BCUT2D eigenvalue weighted by Crippen LogP contribution is 2.26. The fourth-order valence-corrected chi connectivity index (χ4v) is 4.71. The topological polar surface area (TPSA) is 72.6 Å². The van der Waals surface area contributed by atoms with Gasteiger partial charge in [0.2, 0.25) is 0 Å². The molecule has 2 saturated heterocycles. The van der Waals surface area contributed by atoms with Crippen LogP contribution in [0.15, 0.2) is 0 Å². The number of halogens is 5. The van der Waals surface area contributed by atoms with Gasteiger partial charge in [-0.3, -0.25) is 26.6 Å². The first-order valence-electron chi connectivity index (χ1n) is 11.1. The van der Waals surface area contributed by atoms with Crippen molar-refractivity contribution in [2.75, 3.05) is 19.7 Å². The van der Waals surface area contributed by atoms with Crippen LogP contribution in [0.5, 0.6) is 0 Å². The van der Waals surface area contributed by atoms with Crippen molar-refractivity contribution in [1.82, 2.24) is 31.5 Å². The lowest BCUT2D eigenvalue weighted by molar-refractivity contribution is -0.199. The third-order valence-electron chi connectivity index (χ3n) is 6.14. The first-order chi connectivity index (χ1) is 14.6. The van der Waals surface area contributed by atoms with Crippen molar-refractivity contribution in [3.63, 3.8) is 0 Å². The average molecular weight is 475 g/mol. The van der Waals surface area contributed by atoms with E-state index in [0.29, 0.717) is 25.3 Å². The number of nitrogens with one attached hydrogen (secondary N) is 5. The molecule has 31 heavy (non-hydrogen) atoms. The van der Waals surface area contributed by atoms with Crippen LogP contribution in [0.3, 0.4) is 0 Å². The van der Waals surface area contributed by atoms with E-state index in [1.54, 1.807) is 0 Å². The quantitative estimate of drug-likeness (QED) is 0.284. The van der Waals surface area contributed by atoms with Crippen LogP contribution in [0.4, 0.5) is 17.6 Å². The van der Waals surface area contributed by atoms with E-state index < -0.39 is 43.3 Å². The first-order valence-corrected chi connectivity index (χ1v) is 11.5. The lowest BCUT2D eigenvalue weighted by atomic mass is 9.93. The Bertz CT molecular complexity index is 552. The molecular formula is C19H35ClF4N6O. The van der Waals surface area contributed by atoms with Crippen LogP contribution in [0.1, 0.15) is 46.0 Å². The fourth-order valence-electron chi connectivity index (χ4n) is 4.36. The second kappa shape index (κ2) is 11.2. The number of nitrogens with zero attached hydrogens (tertiary/aromatic N) is 1. The number of hydrogen-bond donors (Lipinski definition) is 5. The number of ether oxygens (including phenoxy) is 1. The molecule has 1 saturated carbocycles. The molecule has 0 radical (unpaired) electrons. The molecule has 2 heterocycles. The van der Waals surface area contributed by atoms with Crippen molar-refractivity contribution < 1.29 is 22.3 Å². The molecule has 0 bridgehead atoms. The molecule has 3 rings (SSSR count). The van der Waals surface area contributed by atoms with Crippen molar-refractivity contribution in [3.8, 4) is 0 Å². The van der Waals surface area contributed by atoms with E-state index in [1.165, 1.54) is 0 Å². The number of likely N-dealkylation sites (tertiary alicyclic amines) is 1. The Hall–Kier alpha value is -0.270. The van der Waals surface area contributed by atoms with Gasteiger partial charge < -0.3 is 9.64 Å². The molecule has 6 atom stereocenters. The Morgan fingerprint density at radius 2 is 1.61 bits per heavy atom. The summed E-state index contributed by atoms with van der Waals surface area (Å²) in [7, 11) is 0. The molecule has 0 spiro atoms. The van der Waals surface area contributed by atoms with Gasteiger partial charge in [0, 0.05) is 18.1 Å². The van der Waals surface area contributed by atoms with Gasteiger partial charge in [-0.1, -0.05) is 0 Å². The van der Waals surface area contributed by atoms with Gasteiger partial charge in [0.1, 0.15) is 25.4 Å². The maximum absolute atomic E-state index is 13.7. The van der Waals surface area contributed by atoms with E-state index in [0.717, 1.165) is 25.9 Å². The van der Waals surface area contributed by atoms with Gasteiger partial charge >= 0.3 is 6.18 Å². The van der Waals surface area contributed by atoms with E-state index in [1.807, 2.05) is 0 Å². The van der Waals surface area contributed by atoms with Crippen LogP contribution >= 0.6 is 11.6 Å². The Morgan fingerprint density at radius 1 is 1.00 bits per heavy atom. The van der Waals surface area contributed by atoms with Gasteiger partial charge in [0.25, 0.3) is 0 Å². The fraction of sp³-hybridized carbons (Fsp3) is 1.00. The molecule has 7 nitrogen and oxygen atoms in total. The average Bonchev–Trinajstić information content (AvgIpc) is 2.69. The van der Waals surface area contributed by atoms with Gasteiger partial charge in [0.05, 0.1) is 5.38 Å². The van der Waals surface area contributed by atoms with Crippen LogP contribution in [0.25, 0.3) is 0 Å². The highest BCUT2D eigenvalue weighted by atomic mass is 35.5. The Kier molecular flexibility index (Phi) is 9.19. The summed E-state index contributed by atoms with van der Waals surface area (Å²) in [5, 5.41) is 15.4. The van der Waals surface area contributed by atoms with Crippen LogP contribution in [0.2, 0.25) is 0 Å². The molecule has 0 amide bonds. The van der Waals surface area contributed by atoms with E-state index in [4.69, 9.17) is 16.3 Å². The summed E-state index contributed by atoms with van der Waals surface area (Å²) < 4.78 is 56.6. The minimum Gasteiger partial charge on any atom is -0.340 e. The molecule has 6 unspecified atom stereocenters. The van der Waals surface area contributed by atoms with Gasteiger partial charge in [-0.05, 0) is 59.0 Å². The molecule has 182 valence electrons. The van der Waals surface area contributed by atoms with Gasteiger partial charge in [-0.15, -0.1) is 11.6 Å². The smallest absolute Gasteiger partial charge is 0.340 e. The van der Waals surface area contributed by atoms with Crippen molar-refractivity contribution in [2.45, 2.75) is 101 Å². The number of alkyl halides is 5. The van der Waals surface area contributed by atoms with Crippen LogP contribution < -0.4 is 26.6 Å². The predicted molar refractivity (Wildman–Crippen MR) is 111 cm³/mol. The molecule has 0 aromatic heterocycles. The molecule has 5 N–H and O–H groups in total. The molecule has 0 aromatic carbocycles. The summed E-state index contributed by atoms with van der Waals surface area (Å²) in [5.41, 5.74) is 0. The Labute approximate surface area is 186 Å². The molecule has 0 aromatic rings. The standard InChI is InChI=1S/C19H35ClF4N6O/c1-11(2)30-7-5-12(6-8-30)25-16-27-17(26-13-3-4-15(21)14(20)9-13)29-18(28-16)31-10-19(22,23)24/h11-18,25-29H,3-10H2,1-2H3. The lowest BCUT2D eigenvalue weighted by Gasteiger charge is -2.43. The molecule has 12 heteroatoms.